The number of piperazine rings is 1. The first kappa shape index (κ1) is 27.9. The van der Waals surface area contributed by atoms with Crippen LogP contribution < -0.4 is 4.90 Å². The fourth-order valence-electron chi connectivity index (χ4n) is 5.29. The molecule has 0 amide bonds. The van der Waals surface area contributed by atoms with Crippen molar-refractivity contribution in [2.45, 2.75) is 24.8 Å². The highest BCUT2D eigenvalue weighted by atomic mass is 32.2. The number of hydrogen-bond donors (Lipinski definition) is 1. The number of furan rings is 1. The van der Waals surface area contributed by atoms with Gasteiger partial charge < -0.3 is 18.9 Å². The number of carbonyl (C=O) groups is 1. The van der Waals surface area contributed by atoms with Crippen molar-refractivity contribution < 1.29 is 27.2 Å². The summed E-state index contributed by atoms with van der Waals surface area (Å²) in [6.45, 7) is 6.01. The summed E-state index contributed by atoms with van der Waals surface area (Å²) < 4.78 is 36.4. The number of benzene rings is 3. The second kappa shape index (κ2) is 11.1. The number of fused-ring (bicyclic) bond motifs is 1. The van der Waals surface area contributed by atoms with Crippen LogP contribution in [0.3, 0.4) is 0 Å². The maximum Gasteiger partial charge on any atom is 0.372 e. The van der Waals surface area contributed by atoms with Crippen LogP contribution in [-0.2, 0) is 23.0 Å². The lowest BCUT2D eigenvalue weighted by atomic mass is 10.1. The predicted molar refractivity (Wildman–Crippen MR) is 156 cm³/mol. The Hall–Kier alpha value is -3.66. The SMILES string of the molecule is Cc1c(C(=O)O)oc2ccc(S(=O)(=O)N(CCc3ccccc3)Cc3ccccc3N3CC[N+](C)(C)CC3)cc12. The van der Waals surface area contributed by atoms with Crippen LogP contribution in [0.2, 0.25) is 0 Å². The molecule has 9 heteroatoms. The lowest BCUT2D eigenvalue weighted by molar-refractivity contribution is -0.890. The van der Waals surface area contributed by atoms with Crippen molar-refractivity contribution in [2.75, 3.05) is 51.7 Å². The maximum absolute atomic E-state index is 14.2. The molecule has 1 aliphatic rings. The summed E-state index contributed by atoms with van der Waals surface area (Å²) in [6.07, 6.45) is 0.563. The van der Waals surface area contributed by atoms with Crippen LogP contribution in [0.4, 0.5) is 5.69 Å². The third-order valence-electron chi connectivity index (χ3n) is 7.86. The van der Waals surface area contributed by atoms with Crippen molar-refractivity contribution >= 4 is 32.6 Å². The molecule has 0 radical (unpaired) electrons. The Labute approximate surface area is 235 Å². The largest absolute Gasteiger partial charge is 0.475 e. The van der Waals surface area contributed by atoms with E-state index in [4.69, 9.17) is 4.42 Å². The van der Waals surface area contributed by atoms with Gasteiger partial charge in [-0.2, -0.15) is 4.31 Å². The van der Waals surface area contributed by atoms with E-state index in [1.165, 1.54) is 16.4 Å². The zero-order chi connectivity index (χ0) is 28.5. The Morgan fingerprint density at radius 3 is 2.38 bits per heavy atom. The van der Waals surface area contributed by atoms with Crippen LogP contribution in [0.1, 0.15) is 27.2 Å². The normalized spacial score (nSPS) is 15.6. The molecular weight excluding hydrogens is 526 g/mol. The van der Waals surface area contributed by atoms with Gasteiger partial charge in [-0.25, -0.2) is 13.2 Å². The first-order valence-corrected chi connectivity index (χ1v) is 14.9. The smallest absolute Gasteiger partial charge is 0.372 e. The van der Waals surface area contributed by atoms with Gasteiger partial charge in [0.05, 0.1) is 45.2 Å². The van der Waals surface area contributed by atoms with Crippen LogP contribution in [0.5, 0.6) is 0 Å². The zero-order valence-corrected chi connectivity index (χ0v) is 24.0. The van der Waals surface area contributed by atoms with Gasteiger partial charge in [0.2, 0.25) is 15.8 Å². The molecule has 0 bridgehead atoms. The van der Waals surface area contributed by atoms with E-state index in [1.54, 1.807) is 13.0 Å². The Morgan fingerprint density at radius 2 is 1.68 bits per heavy atom. The summed E-state index contributed by atoms with van der Waals surface area (Å²) in [4.78, 5) is 14.0. The topological polar surface area (TPSA) is 91.1 Å². The molecule has 0 spiro atoms. The van der Waals surface area contributed by atoms with E-state index in [9.17, 15) is 18.3 Å². The van der Waals surface area contributed by atoms with Gasteiger partial charge in [-0.1, -0.05) is 48.5 Å². The van der Waals surface area contributed by atoms with Crippen molar-refractivity contribution in [3.8, 4) is 0 Å². The van der Waals surface area contributed by atoms with Crippen LogP contribution in [0.25, 0.3) is 11.0 Å². The molecule has 0 atom stereocenters. The number of aromatic carboxylic acids is 1. The van der Waals surface area contributed by atoms with E-state index in [0.29, 0.717) is 29.5 Å². The fraction of sp³-hybridized carbons (Fsp3) is 0.323. The van der Waals surface area contributed by atoms with Crippen molar-refractivity contribution in [2.24, 2.45) is 0 Å². The Bertz CT molecular complexity index is 1620. The first-order chi connectivity index (χ1) is 19.0. The van der Waals surface area contributed by atoms with E-state index in [-0.39, 0.29) is 17.2 Å². The molecule has 210 valence electrons. The van der Waals surface area contributed by atoms with Crippen molar-refractivity contribution in [3.05, 3.63) is 95.2 Å². The highest BCUT2D eigenvalue weighted by Gasteiger charge is 2.29. The molecule has 1 N–H and O–H groups in total. The molecule has 40 heavy (non-hydrogen) atoms. The number of likely N-dealkylation sites (N-methyl/N-ethyl adjacent to an activating group) is 1. The Morgan fingerprint density at radius 1 is 1.00 bits per heavy atom. The molecule has 2 heterocycles. The zero-order valence-electron chi connectivity index (χ0n) is 23.2. The number of para-hydroxylation sites is 1. The summed E-state index contributed by atoms with van der Waals surface area (Å²) in [5.41, 5.74) is 3.84. The van der Waals surface area contributed by atoms with E-state index < -0.39 is 16.0 Å². The molecule has 4 aromatic rings. The minimum atomic E-state index is -3.93. The summed E-state index contributed by atoms with van der Waals surface area (Å²) in [6, 6.07) is 22.5. The quantitative estimate of drug-likeness (QED) is 0.296. The molecule has 1 aliphatic heterocycles. The predicted octanol–water partition coefficient (Wildman–Crippen LogP) is 4.77. The average Bonchev–Trinajstić information content (AvgIpc) is 3.28. The average molecular weight is 563 g/mol. The Balaban J connectivity index is 1.50. The molecule has 5 rings (SSSR count). The van der Waals surface area contributed by atoms with Crippen LogP contribution in [0.15, 0.2) is 82.1 Å². The van der Waals surface area contributed by atoms with Crippen molar-refractivity contribution in [3.63, 3.8) is 0 Å². The standard InChI is InChI=1S/C31H35N3O5S/c1-23-27-21-26(13-14-29(27)39-30(23)31(35)36)40(37,38)33(16-15-24-9-5-4-6-10-24)22-25-11-7-8-12-28(25)32-17-19-34(2,3)20-18-32/h4-14,21H,15-20,22H2,1-3H3/p+1. The number of anilines is 1. The highest BCUT2D eigenvalue weighted by molar-refractivity contribution is 7.89. The van der Waals surface area contributed by atoms with E-state index in [0.717, 1.165) is 47.5 Å². The fourth-order valence-corrected chi connectivity index (χ4v) is 6.73. The maximum atomic E-state index is 14.2. The Kier molecular flexibility index (Phi) is 7.72. The summed E-state index contributed by atoms with van der Waals surface area (Å²) >= 11 is 0. The van der Waals surface area contributed by atoms with Crippen LogP contribution >= 0.6 is 0 Å². The second-order valence-electron chi connectivity index (χ2n) is 11.1. The molecule has 0 saturated carbocycles. The number of nitrogens with zero attached hydrogens (tertiary/aromatic N) is 3. The van der Waals surface area contributed by atoms with Gasteiger partial charge in [0, 0.05) is 29.7 Å². The number of hydrogen-bond acceptors (Lipinski definition) is 5. The monoisotopic (exact) mass is 562 g/mol. The number of carboxylic acid groups (broad SMARTS) is 1. The van der Waals surface area contributed by atoms with Gasteiger partial charge in [-0.3, -0.25) is 0 Å². The van der Waals surface area contributed by atoms with Gasteiger partial charge >= 0.3 is 5.97 Å². The number of quaternary nitrogens is 1. The molecule has 3 aromatic carbocycles. The molecule has 1 fully saturated rings. The highest BCUT2D eigenvalue weighted by Crippen LogP contribution is 2.31. The minimum absolute atomic E-state index is 0.114. The minimum Gasteiger partial charge on any atom is -0.475 e. The molecule has 0 aliphatic carbocycles. The molecule has 1 saturated heterocycles. The van der Waals surface area contributed by atoms with Crippen LogP contribution in [0, 0.1) is 6.92 Å². The summed E-state index contributed by atoms with van der Waals surface area (Å²) in [7, 11) is 0.538. The number of aryl methyl sites for hydroxylation is 1. The first-order valence-electron chi connectivity index (χ1n) is 13.5. The third kappa shape index (κ3) is 5.77. The summed E-state index contributed by atoms with van der Waals surface area (Å²) in [5, 5.41) is 9.95. The third-order valence-corrected chi connectivity index (χ3v) is 9.70. The molecule has 8 nitrogen and oxygen atoms in total. The number of carboxylic acids is 1. The lowest BCUT2D eigenvalue weighted by Crippen LogP contribution is -2.55. The summed E-state index contributed by atoms with van der Waals surface area (Å²) in [5.74, 6) is -1.36. The molecule has 0 unspecified atom stereocenters. The lowest BCUT2D eigenvalue weighted by Gasteiger charge is -2.40. The van der Waals surface area contributed by atoms with E-state index >= 15 is 0 Å². The number of rotatable bonds is 9. The van der Waals surface area contributed by atoms with E-state index in [1.807, 2.05) is 48.5 Å². The van der Waals surface area contributed by atoms with Crippen molar-refractivity contribution in [1.82, 2.24) is 4.31 Å². The van der Waals surface area contributed by atoms with Crippen molar-refractivity contribution in [1.29, 1.82) is 0 Å². The van der Waals surface area contributed by atoms with E-state index in [2.05, 4.69) is 25.1 Å². The van der Waals surface area contributed by atoms with Gasteiger partial charge in [0.25, 0.3) is 0 Å². The van der Waals surface area contributed by atoms with Crippen LogP contribution in [-0.4, -0.2) is 75.1 Å². The number of sulfonamides is 1. The molecular formula is C31H36N3O5S+. The van der Waals surface area contributed by atoms with Gasteiger partial charge in [-0.15, -0.1) is 0 Å². The van der Waals surface area contributed by atoms with Gasteiger partial charge in [-0.05, 0) is 48.7 Å². The van der Waals surface area contributed by atoms with Gasteiger partial charge in [0.1, 0.15) is 5.58 Å². The van der Waals surface area contributed by atoms with Gasteiger partial charge in [0.15, 0.2) is 0 Å². The molecule has 1 aromatic heterocycles. The second-order valence-corrected chi connectivity index (χ2v) is 13.0.